The van der Waals surface area contributed by atoms with E-state index in [0.717, 1.165) is 18.0 Å². The summed E-state index contributed by atoms with van der Waals surface area (Å²) in [6.07, 6.45) is 2.99. The molecule has 1 aromatic rings. The Morgan fingerprint density at radius 3 is 2.75 bits per heavy atom. The largest absolute Gasteiger partial charge is 0.311 e. The van der Waals surface area contributed by atoms with Gasteiger partial charge in [-0.15, -0.1) is 11.8 Å². The van der Waals surface area contributed by atoms with E-state index in [9.17, 15) is 0 Å². The Balaban J connectivity index is 2.34. The van der Waals surface area contributed by atoms with Crippen LogP contribution in [-0.2, 0) is 0 Å². The van der Waals surface area contributed by atoms with Crippen molar-refractivity contribution in [1.82, 2.24) is 10.3 Å². The molecule has 0 aliphatic rings. The van der Waals surface area contributed by atoms with Crippen LogP contribution in [0.1, 0.15) is 34.1 Å². The smallest absolute Gasteiger partial charge is 0.0962 e. The molecule has 1 aromatic heterocycles. The molecule has 1 rings (SSSR count). The first-order valence-electron chi connectivity index (χ1n) is 5.86. The van der Waals surface area contributed by atoms with Gasteiger partial charge in [0.25, 0.3) is 0 Å². The average molecular weight is 238 g/mol. The molecule has 90 valence electrons. The Bertz CT molecular complexity index is 298. The number of nitrogens with one attached hydrogen (secondary N) is 1. The minimum absolute atomic E-state index is 0.235. The molecule has 0 aromatic carbocycles. The van der Waals surface area contributed by atoms with Crippen molar-refractivity contribution in [3.8, 4) is 0 Å². The van der Waals surface area contributed by atoms with E-state index in [2.05, 4.69) is 44.1 Å². The average Bonchev–Trinajstić information content (AvgIpc) is 2.28. The molecule has 1 atom stereocenters. The van der Waals surface area contributed by atoms with Crippen LogP contribution in [0, 0.1) is 0 Å². The van der Waals surface area contributed by atoms with Crippen LogP contribution in [0.15, 0.2) is 29.4 Å². The first-order chi connectivity index (χ1) is 7.53. The quantitative estimate of drug-likeness (QED) is 0.769. The minimum Gasteiger partial charge on any atom is -0.311 e. The second-order valence-corrected chi connectivity index (χ2v) is 6.17. The van der Waals surface area contributed by atoms with Gasteiger partial charge in [-0.05, 0) is 32.4 Å². The normalized spacial score (nSPS) is 13.8. The molecule has 0 radical (unpaired) electrons. The highest BCUT2D eigenvalue weighted by atomic mass is 32.2. The summed E-state index contributed by atoms with van der Waals surface area (Å²) in [7, 11) is 0. The molecule has 2 nitrogen and oxygen atoms in total. The van der Waals surface area contributed by atoms with E-state index in [0.29, 0.717) is 5.25 Å². The molecule has 0 spiro atoms. The molecule has 3 heteroatoms. The summed E-state index contributed by atoms with van der Waals surface area (Å²) in [4.78, 5) is 4.32. The van der Waals surface area contributed by atoms with E-state index in [1.165, 1.54) is 0 Å². The molecule has 1 unspecified atom stereocenters. The third-order valence-electron chi connectivity index (χ3n) is 2.71. The van der Waals surface area contributed by atoms with Crippen LogP contribution in [0.3, 0.4) is 0 Å². The summed E-state index contributed by atoms with van der Waals surface area (Å²) in [5.74, 6) is 0. The molecule has 1 heterocycles. The molecule has 0 saturated carbocycles. The van der Waals surface area contributed by atoms with Gasteiger partial charge in [0.05, 0.1) is 5.03 Å². The van der Waals surface area contributed by atoms with Crippen LogP contribution in [-0.4, -0.2) is 22.3 Å². The van der Waals surface area contributed by atoms with E-state index < -0.39 is 0 Å². The van der Waals surface area contributed by atoms with Gasteiger partial charge >= 0.3 is 0 Å². The Kier molecular flexibility index (Phi) is 5.29. The SMILES string of the molecule is CCC(C)(C)NCC(C)Sc1ccccn1. The van der Waals surface area contributed by atoms with Gasteiger partial charge in [-0.2, -0.15) is 0 Å². The molecule has 0 fully saturated rings. The molecule has 0 saturated heterocycles. The van der Waals surface area contributed by atoms with E-state index in [1.807, 2.05) is 30.1 Å². The summed E-state index contributed by atoms with van der Waals surface area (Å²) < 4.78 is 0. The van der Waals surface area contributed by atoms with Gasteiger partial charge in [-0.3, -0.25) is 0 Å². The van der Waals surface area contributed by atoms with Crippen LogP contribution in [0.25, 0.3) is 0 Å². The molecule has 16 heavy (non-hydrogen) atoms. The Morgan fingerprint density at radius 1 is 1.44 bits per heavy atom. The van der Waals surface area contributed by atoms with Crippen molar-refractivity contribution >= 4 is 11.8 Å². The van der Waals surface area contributed by atoms with Crippen molar-refractivity contribution in [3.63, 3.8) is 0 Å². The lowest BCUT2D eigenvalue weighted by Crippen LogP contribution is -2.41. The summed E-state index contributed by atoms with van der Waals surface area (Å²) in [5.41, 5.74) is 0.235. The van der Waals surface area contributed by atoms with E-state index in [4.69, 9.17) is 0 Å². The molecule has 1 N–H and O–H groups in total. The zero-order valence-corrected chi connectivity index (χ0v) is 11.5. The maximum Gasteiger partial charge on any atom is 0.0962 e. The predicted octanol–water partition coefficient (Wildman–Crippen LogP) is 3.34. The Morgan fingerprint density at radius 2 is 2.19 bits per heavy atom. The zero-order valence-electron chi connectivity index (χ0n) is 10.7. The number of rotatable bonds is 6. The fourth-order valence-electron chi connectivity index (χ4n) is 1.21. The van der Waals surface area contributed by atoms with E-state index in [1.54, 1.807) is 0 Å². The molecule has 0 aliphatic heterocycles. The maximum absolute atomic E-state index is 4.32. The molecular weight excluding hydrogens is 216 g/mol. The monoisotopic (exact) mass is 238 g/mol. The van der Waals surface area contributed by atoms with Gasteiger partial charge in [0, 0.05) is 23.5 Å². The second-order valence-electron chi connectivity index (χ2n) is 4.71. The molecule has 0 aliphatic carbocycles. The van der Waals surface area contributed by atoms with Crippen LogP contribution in [0.5, 0.6) is 0 Å². The number of nitrogens with zero attached hydrogens (tertiary/aromatic N) is 1. The lowest BCUT2D eigenvalue weighted by molar-refractivity contribution is 0.379. The second kappa shape index (κ2) is 6.26. The third kappa shape index (κ3) is 4.99. The lowest BCUT2D eigenvalue weighted by Gasteiger charge is -2.26. The lowest BCUT2D eigenvalue weighted by atomic mass is 10.0. The zero-order chi connectivity index (χ0) is 12.0. The van der Waals surface area contributed by atoms with Crippen molar-refractivity contribution in [2.45, 2.75) is 49.9 Å². The molecule has 0 amide bonds. The predicted molar refractivity (Wildman–Crippen MR) is 71.9 cm³/mol. The first-order valence-corrected chi connectivity index (χ1v) is 6.74. The fourth-order valence-corrected chi connectivity index (χ4v) is 2.07. The fraction of sp³-hybridized carbons (Fsp3) is 0.615. The number of hydrogen-bond acceptors (Lipinski definition) is 3. The van der Waals surface area contributed by atoms with E-state index in [-0.39, 0.29) is 5.54 Å². The number of thioether (sulfide) groups is 1. The van der Waals surface area contributed by atoms with E-state index >= 15 is 0 Å². The van der Waals surface area contributed by atoms with Crippen molar-refractivity contribution in [2.24, 2.45) is 0 Å². The highest BCUT2D eigenvalue weighted by Gasteiger charge is 2.15. The van der Waals surface area contributed by atoms with Crippen molar-refractivity contribution in [2.75, 3.05) is 6.54 Å². The van der Waals surface area contributed by atoms with Gasteiger partial charge in [0.15, 0.2) is 0 Å². The number of hydrogen-bond donors (Lipinski definition) is 1. The first kappa shape index (κ1) is 13.5. The molecular formula is C13H22N2S. The third-order valence-corrected chi connectivity index (χ3v) is 3.76. The van der Waals surface area contributed by atoms with Crippen LogP contribution in [0.2, 0.25) is 0 Å². The maximum atomic E-state index is 4.32. The summed E-state index contributed by atoms with van der Waals surface area (Å²) >= 11 is 1.82. The van der Waals surface area contributed by atoms with Crippen LogP contribution >= 0.6 is 11.8 Å². The highest BCUT2D eigenvalue weighted by molar-refractivity contribution is 7.99. The van der Waals surface area contributed by atoms with Gasteiger partial charge < -0.3 is 5.32 Å². The summed E-state index contributed by atoms with van der Waals surface area (Å²) in [6.45, 7) is 9.94. The van der Waals surface area contributed by atoms with Crippen molar-refractivity contribution in [1.29, 1.82) is 0 Å². The minimum atomic E-state index is 0.235. The van der Waals surface area contributed by atoms with Gasteiger partial charge in [0.1, 0.15) is 0 Å². The Hall–Kier alpha value is -0.540. The Labute approximate surface area is 103 Å². The number of aromatic nitrogens is 1. The van der Waals surface area contributed by atoms with Crippen molar-refractivity contribution < 1.29 is 0 Å². The van der Waals surface area contributed by atoms with Gasteiger partial charge in [-0.25, -0.2) is 4.98 Å². The van der Waals surface area contributed by atoms with Crippen LogP contribution < -0.4 is 5.32 Å². The topological polar surface area (TPSA) is 24.9 Å². The van der Waals surface area contributed by atoms with Gasteiger partial charge in [0.2, 0.25) is 0 Å². The standard InChI is InChI=1S/C13H22N2S/c1-5-13(3,4)15-10-11(2)16-12-8-6-7-9-14-12/h6-9,11,15H,5,10H2,1-4H3. The molecule has 0 bridgehead atoms. The van der Waals surface area contributed by atoms with Gasteiger partial charge in [-0.1, -0.05) is 19.9 Å². The van der Waals surface area contributed by atoms with Crippen LogP contribution in [0.4, 0.5) is 0 Å². The summed E-state index contributed by atoms with van der Waals surface area (Å²) in [6, 6.07) is 6.05. The highest BCUT2D eigenvalue weighted by Crippen LogP contribution is 2.20. The van der Waals surface area contributed by atoms with Crippen molar-refractivity contribution in [3.05, 3.63) is 24.4 Å². The summed E-state index contributed by atoms with van der Waals surface area (Å²) in [5, 5.41) is 5.23. The number of pyridine rings is 1.